The molecule has 2 aromatic rings. The van der Waals surface area contributed by atoms with Crippen molar-refractivity contribution in [2.24, 2.45) is 0 Å². The smallest absolute Gasteiger partial charge is 0.189 e. The maximum atomic E-state index is 11.8. The van der Waals surface area contributed by atoms with Crippen LogP contribution in [-0.4, -0.2) is 56.4 Å². The summed E-state index contributed by atoms with van der Waals surface area (Å²) in [5.74, 6) is 1.10. The molecule has 1 aliphatic rings. The second kappa shape index (κ2) is 6.81. The van der Waals surface area contributed by atoms with Gasteiger partial charge in [0.25, 0.3) is 0 Å². The van der Waals surface area contributed by atoms with Crippen LogP contribution in [0.5, 0.6) is 17.2 Å². The third-order valence-electron chi connectivity index (χ3n) is 3.76. The molecule has 0 aliphatic carbocycles. The average molecular weight is 303 g/mol. The number of methoxy groups -OCH3 is 1. The first kappa shape index (κ1) is 14.9. The van der Waals surface area contributed by atoms with Crippen molar-refractivity contribution >= 4 is 10.9 Å². The van der Waals surface area contributed by atoms with Crippen LogP contribution in [0.2, 0.25) is 0 Å². The van der Waals surface area contributed by atoms with Gasteiger partial charge in [0.05, 0.1) is 31.2 Å². The first-order chi connectivity index (χ1) is 10.8. The molecular formula is C16H19N2O4. The maximum absolute atomic E-state index is 11.8. The molecule has 0 amide bonds. The number of ether oxygens (including phenoxy) is 3. The molecule has 6 nitrogen and oxygen atoms in total. The normalized spacial score (nSPS) is 15.9. The topological polar surface area (TPSA) is 63.7 Å². The van der Waals surface area contributed by atoms with Gasteiger partial charge in [-0.15, -0.1) is 0 Å². The number of hydrogen-bond donors (Lipinski definition) is 0. The number of hydrogen-bond acceptors (Lipinski definition) is 5. The Morgan fingerprint density at radius 3 is 2.86 bits per heavy atom. The van der Waals surface area contributed by atoms with Crippen molar-refractivity contribution in [3.05, 3.63) is 24.4 Å². The number of rotatable bonds is 5. The lowest BCUT2D eigenvalue weighted by Crippen LogP contribution is -2.38. The van der Waals surface area contributed by atoms with E-state index in [1.54, 1.807) is 19.2 Å². The van der Waals surface area contributed by atoms with Crippen molar-refractivity contribution in [1.82, 2.24) is 9.88 Å². The highest BCUT2D eigenvalue weighted by Gasteiger charge is 2.13. The van der Waals surface area contributed by atoms with E-state index in [2.05, 4.69) is 9.88 Å². The largest absolute Gasteiger partial charge is 0.493 e. The zero-order valence-electron chi connectivity index (χ0n) is 12.6. The number of fused-ring (bicyclic) bond motifs is 1. The van der Waals surface area contributed by atoms with Crippen molar-refractivity contribution in [3.8, 4) is 17.2 Å². The van der Waals surface area contributed by atoms with Crippen LogP contribution in [-0.2, 0) is 9.84 Å². The zero-order valence-corrected chi connectivity index (χ0v) is 12.6. The van der Waals surface area contributed by atoms with Crippen LogP contribution in [0, 0.1) is 0 Å². The van der Waals surface area contributed by atoms with Crippen LogP contribution >= 0.6 is 0 Å². The van der Waals surface area contributed by atoms with E-state index in [1.165, 1.54) is 12.3 Å². The highest BCUT2D eigenvalue weighted by Crippen LogP contribution is 2.35. The molecule has 0 atom stereocenters. The van der Waals surface area contributed by atoms with Gasteiger partial charge in [-0.25, -0.2) is 0 Å². The van der Waals surface area contributed by atoms with Gasteiger partial charge in [0.15, 0.2) is 17.2 Å². The predicted octanol–water partition coefficient (Wildman–Crippen LogP) is 2.10. The van der Waals surface area contributed by atoms with Gasteiger partial charge in [0.2, 0.25) is 0 Å². The molecule has 1 aromatic heterocycles. The monoisotopic (exact) mass is 303 g/mol. The molecule has 2 heterocycles. The quantitative estimate of drug-likeness (QED) is 0.846. The summed E-state index contributed by atoms with van der Waals surface area (Å²) in [7, 11) is 1.57. The standard InChI is InChI=1S/C16H19N2O4/c1-20-15-10-12-13(17-3-2-14(12)19)11-16(15)22-9-6-18-4-7-21-8-5-18/h2-3,10-11H,4-9H2,1H3. The lowest BCUT2D eigenvalue weighted by Gasteiger charge is -2.26. The number of pyridine rings is 1. The fraction of sp³-hybridized carbons (Fsp3) is 0.438. The predicted molar refractivity (Wildman–Crippen MR) is 81.2 cm³/mol. The van der Waals surface area contributed by atoms with E-state index in [0.29, 0.717) is 29.0 Å². The van der Waals surface area contributed by atoms with Crippen LogP contribution in [0.1, 0.15) is 0 Å². The summed E-state index contributed by atoms with van der Waals surface area (Å²) < 4.78 is 16.5. The molecular weight excluding hydrogens is 284 g/mol. The van der Waals surface area contributed by atoms with Gasteiger partial charge in [-0.05, 0) is 6.07 Å². The third kappa shape index (κ3) is 3.23. The first-order valence-corrected chi connectivity index (χ1v) is 7.34. The van der Waals surface area contributed by atoms with E-state index in [9.17, 15) is 5.11 Å². The van der Waals surface area contributed by atoms with Gasteiger partial charge in [-0.1, -0.05) is 0 Å². The molecule has 1 aliphatic heterocycles. The van der Waals surface area contributed by atoms with Crippen molar-refractivity contribution < 1.29 is 19.3 Å². The molecule has 0 N–H and O–H groups in total. The summed E-state index contributed by atoms with van der Waals surface area (Å²) in [6.07, 6.45) is 1.51. The second-order valence-corrected chi connectivity index (χ2v) is 5.13. The Labute approximate surface area is 129 Å². The fourth-order valence-electron chi connectivity index (χ4n) is 2.51. The fourth-order valence-corrected chi connectivity index (χ4v) is 2.51. The minimum atomic E-state index is -0.0665. The summed E-state index contributed by atoms with van der Waals surface area (Å²) in [5.41, 5.74) is 0.620. The molecule has 22 heavy (non-hydrogen) atoms. The third-order valence-corrected chi connectivity index (χ3v) is 3.76. The molecule has 1 saturated heterocycles. The van der Waals surface area contributed by atoms with Gasteiger partial charge in [-0.3, -0.25) is 15.0 Å². The van der Waals surface area contributed by atoms with E-state index in [-0.39, 0.29) is 5.75 Å². The summed E-state index contributed by atoms with van der Waals surface area (Å²) in [5, 5.41) is 12.4. The Bertz CT molecular complexity index is 641. The first-order valence-electron chi connectivity index (χ1n) is 7.34. The minimum Gasteiger partial charge on any atom is -0.493 e. The summed E-state index contributed by atoms with van der Waals surface area (Å²) in [4.78, 5) is 6.51. The zero-order chi connectivity index (χ0) is 15.4. The van der Waals surface area contributed by atoms with Gasteiger partial charge >= 0.3 is 0 Å². The molecule has 0 spiro atoms. The summed E-state index contributed by atoms with van der Waals surface area (Å²) >= 11 is 0. The number of benzene rings is 1. The molecule has 1 aromatic carbocycles. The minimum absolute atomic E-state index is 0.0665. The second-order valence-electron chi connectivity index (χ2n) is 5.13. The molecule has 1 fully saturated rings. The Kier molecular flexibility index (Phi) is 4.60. The Morgan fingerprint density at radius 1 is 1.27 bits per heavy atom. The molecule has 0 bridgehead atoms. The summed E-state index contributed by atoms with van der Waals surface area (Å²) in [6.45, 7) is 4.79. The Balaban J connectivity index is 1.72. The lowest BCUT2D eigenvalue weighted by molar-refractivity contribution is 0.0321. The molecule has 6 heteroatoms. The maximum Gasteiger partial charge on any atom is 0.189 e. The van der Waals surface area contributed by atoms with Crippen molar-refractivity contribution in [2.75, 3.05) is 46.6 Å². The number of nitrogens with zero attached hydrogens (tertiary/aromatic N) is 2. The van der Waals surface area contributed by atoms with E-state index < -0.39 is 0 Å². The number of aromatic nitrogens is 1. The van der Waals surface area contributed by atoms with Crippen LogP contribution in [0.4, 0.5) is 0 Å². The summed E-state index contributed by atoms with van der Waals surface area (Å²) in [6, 6.07) is 4.89. The van der Waals surface area contributed by atoms with Crippen molar-refractivity contribution in [3.63, 3.8) is 0 Å². The lowest BCUT2D eigenvalue weighted by atomic mass is 10.2. The van der Waals surface area contributed by atoms with Gasteiger partial charge in [-0.2, -0.15) is 0 Å². The van der Waals surface area contributed by atoms with E-state index >= 15 is 0 Å². The molecule has 1 radical (unpaired) electrons. The molecule has 117 valence electrons. The van der Waals surface area contributed by atoms with E-state index in [0.717, 1.165) is 32.8 Å². The van der Waals surface area contributed by atoms with Crippen LogP contribution in [0.15, 0.2) is 24.4 Å². The van der Waals surface area contributed by atoms with Crippen LogP contribution in [0.3, 0.4) is 0 Å². The Hall–Kier alpha value is -2.05. The van der Waals surface area contributed by atoms with Gasteiger partial charge in [0.1, 0.15) is 6.61 Å². The molecule has 0 unspecified atom stereocenters. The van der Waals surface area contributed by atoms with Gasteiger partial charge < -0.3 is 14.2 Å². The molecule has 0 saturated carbocycles. The highest BCUT2D eigenvalue weighted by molar-refractivity contribution is 5.87. The van der Waals surface area contributed by atoms with Crippen LogP contribution in [0.25, 0.3) is 10.9 Å². The van der Waals surface area contributed by atoms with Crippen LogP contribution < -0.4 is 9.47 Å². The van der Waals surface area contributed by atoms with Crippen molar-refractivity contribution in [2.45, 2.75) is 0 Å². The average Bonchev–Trinajstić information content (AvgIpc) is 2.55. The SMILES string of the molecule is COc1cc2c([O])ccnc2cc1OCCN1CCOCC1. The molecule has 3 rings (SSSR count). The van der Waals surface area contributed by atoms with Gasteiger partial charge in [0, 0.05) is 38.0 Å². The van der Waals surface area contributed by atoms with Crippen molar-refractivity contribution in [1.29, 1.82) is 0 Å². The number of morpholine rings is 1. The Morgan fingerprint density at radius 2 is 2.09 bits per heavy atom. The van der Waals surface area contributed by atoms with E-state index in [4.69, 9.17) is 14.2 Å². The highest BCUT2D eigenvalue weighted by atomic mass is 16.5. The van der Waals surface area contributed by atoms with E-state index in [1.807, 2.05) is 0 Å².